The molecule has 2 fully saturated rings. The Hall–Kier alpha value is -1.41. The molecule has 7 nitrogen and oxygen atoms in total. The monoisotopic (exact) mass is 327 g/mol. The van der Waals surface area contributed by atoms with Gasteiger partial charge in [-0.25, -0.2) is 8.42 Å². The summed E-state index contributed by atoms with van der Waals surface area (Å²) in [7, 11) is -3.30. The molecule has 0 spiro atoms. The number of carbonyl (C=O) groups is 1. The average molecular weight is 327 g/mol. The Labute approximate surface area is 129 Å². The highest BCUT2D eigenvalue weighted by Crippen LogP contribution is 2.31. The average Bonchev–Trinajstić information content (AvgIpc) is 3.15. The number of carbonyl (C=O) groups excluding carboxylic acids is 1. The van der Waals surface area contributed by atoms with Crippen LogP contribution in [0.5, 0.6) is 0 Å². The van der Waals surface area contributed by atoms with E-state index in [0.717, 1.165) is 19.3 Å². The van der Waals surface area contributed by atoms with Crippen molar-refractivity contribution in [3.05, 3.63) is 11.9 Å². The first-order valence-corrected chi connectivity index (χ1v) is 9.46. The van der Waals surface area contributed by atoms with Crippen LogP contribution in [0.25, 0.3) is 0 Å². The summed E-state index contributed by atoms with van der Waals surface area (Å²) in [6, 6.07) is 0. The van der Waals surface area contributed by atoms with Gasteiger partial charge < -0.3 is 9.64 Å². The van der Waals surface area contributed by atoms with E-state index in [1.54, 1.807) is 0 Å². The molecule has 3 rings (SSSR count). The van der Waals surface area contributed by atoms with Gasteiger partial charge in [0.2, 0.25) is 5.91 Å². The zero-order valence-corrected chi connectivity index (χ0v) is 13.4. The van der Waals surface area contributed by atoms with E-state index in [0.29, 0.717) is 32.0 Å². The van der Waals surface area contributed by atoms with Gasteiger partial charge in [0.05, 0.1) is 11.9 Å². The first-order valence-electron chi connectivity index (χ1n) is 7.56. The third-order valence-corrected chi connectivity index (χ3v) is 5.63. The second-order valence-corrected chi connectivity index (χ2v) is 8.06. The van der Waals surface area contributed by atoms with E-state index >= 15 is 0 Å². The van der Waals surface area contributed by atoms with Crippen LogP contribution in [0.3, 0.4) is 0 Å². The summed E-state index contributed by atoms with van der Waals surface area (Å²) >= 11 is 0. The summed E-state index contributed by atoms with van der Waals surface area (Å²) < 4.78 is 28.9. The highest BCUT2D eigenvalue weighted by atomic mass is 32.2. The third-order valence-electron chi connectivity index (χ3n) is 4.51. The predicted molar refractivity (Wildman–Crippen MR) is 79.2 cm³/mol. The summed E-state index contributed by atoms with van der Waals surface area (Å²) in [6.45, 7) is 2.52. The molecular weight excluding hydrogens is 306 g/mol. The normalized spacial score (nSPS) is 23.9. The van der Waals surface area contributed by atoms with Crippen LogP contribution in [-0.2, 0) is 19.4 Å². The molecule has 1 amide bonds. The largest absolute Gasteiger partial charge is 0.381 e. The predicted octanol–water partition coefficient (Wildman–Crippen LogP) is 0.556. The van der Waals surface area contributed by atoms with Crippen LogP contribution in [0.4, 0.5) is 0 Å². The second kappa shape index (κ2) is 6.00. The summed E-state index contributed by atoms with van der Waals surface area (Å²) in [6.07, 6.45) is 4.85. The fraction of sp³-hybridized carbons (Fsp3) is 0.714. The lowest BCUT2D eigenvalue weighted by Crippen LogP contribution is -2.37. The number of aromatic amines is 1. The lowest BCUT2D eigenvalue weighted by molar-refractivity contribution is -0.137. The van der Waals surface area contributed by atoms with Crippen LogP contribution >= 0.6 is 0 Å². The van der Waals surface area contributed by atoms with E-state index in [1.807, 2.05) is 4.90 Å². The van der Waals surface area contributed by atoms with Gasteiger partial charge in [-0.05, 0) is 19.3 Å². The number of H-pyrrole nitrogens is 1. The number of likely N-dealkylation sites (tertiary alicyclic amines) is 1. The Kier molecular flexibility index (Phi) is 4.22. The number of hydrogen-bond donors (Lipinski definition) is 1. The Morgan fingerprint density at radius 2 is 2.09 bits per heavy atom. The van der Waals surface area contributed by atoms with Gasteiger partial charge in [-0.15, -0.1) is 0 Å². The molecule has 0 radical (unpaired) electrons. The molecule has 1 atom stereocenters. The Balaban J connectivity index is 1.70. The molecule has 8 heteroatoms. The topological polar surface area (TPSA) is 92.4 Å². The molecule has 1 N–H and O–H groups in total. The maximum Gasteiger partial charge on any atom is 0.225 e. The van der Waals surface area contributed by atoms with Crippen LogP contribution in [0.1, 0.15) is 30.9 Å². The van der Waals surface area contributed by atoms with Crippen LogP contribution in [-0.4, -0.2) is 62.0 Å². The van der Waals surface area contributed by atoms with E-state index in [1.165, 1.54) is 12.5 Å². The molecule has 0 bridgehead atoms. The van der Waals surface area contributed by atoms with Gasteiger partial charge in [0, 0.05) is 44.4 Å². The van der Waals surface area contributed by atoms with Crippen molar-refractivity contribution < 1.29 is 17.9 Å². The minimum atomic E-state index is -3.30. The zero-order chi connectivity index (χ0) is 15.7. The van der Waals surface area contributed by atoms with Gasteiger partial charge in [-0.2, -0.15) is 5.10 Å². The van der Waals surface area contributed by atoms with Gasteiger partial charge in [-0.3, -0.25) is 9.89 Å². The van der Waals surface area contributed by atoms with Crippen molar-refractivity contribution in [1.82, 2.24) is 15.1 Å². The van der Waals surface area contributed by atoms with Crippen LogP contribution in [0.15, 0.2) is 11.1 Å². The van der Waals surface area contributed by atoms with Gasteiger partial charge in [0.25, 0.3) is 0 Å². The van der Waals surface area contributed by atoms with Gasteiger partial charge in [0.15, 0.2) is 9.84 Å². The minimum Gasteiger partial charge on any atom is -0.381 e. The number of ether oxygens (including phenoxy) is 1. The van der Waals surface area contributed by atoms with Gasteiger partial charge in [-0.1, -0.05) is 0 Å². The molecule has 22 heavy (non-hydrogen) atoms. The fourth-order valence-electron chi connectivity index (χ4n) is 3.27. The van der Waals surface area contributed by atoms with Crippen LogP contribution in [0, 0.1) is 5.92 Å². The zero-order valence-electron chi connectivity index (χ0n) is 12.6. The fourth-order valence-corrected chi connectivity index (χ4v) is 4.13. The summed E-state index contributed by atoms with van der Waals surface area (Å²) in [5.74, 6) is 0.228. The number of nitrogens with zero attached hydrogens (tertiary/aromatic N) is 2. The smallest absolute Gasteiger partial charge is 0.225 e. The van der Waals surface area contributed by atoms with Crippen molar-refractivity contribution >= 4 is 15.7 Å². The Bertz CT molecular complexity index is 649. The third kappa shape index (κ3) is 3.03. The molecule has 0 saturated carbocycles. The quantitative estimate of drug-likeness (QED) is 0.875. The number of amides is 1. The maximum atomic E-state index is 12.5. The lowest BCUT2D eigenvalue weighted by Gasteiger charge is -2.26. The first kappa shape index (κ1) is 15.5. The number of sulfone groups is 1. The van der Waals surface area contributed by atoms with Crippen LogP contribution in [0.2, 0.25) is 0 Å². The van der Waals surface area contributed by atoms with Crippen molar-refractivity contribution in [3.8, 4) is 0 Å². The van der Waals surface area contributed by atoms with Crippen molar-refractivity contribution in [2.75, 3.05) is 32.6 Å². The Morgan fingerprint density at radius 3 is 2.77 bits per heavy atom. The number of aromatic nitrogens is 2. The molecule has 2 aliphatic rings. The highest BCUT2D eigenvalue weighted by molar-refractivity contribution is 7.90. The molecular formula is C14H21N3O4S. The standard InChI is InChI=1S/C14H21N3O4S/c1-22(19,20)12-8-15-16-13(12)11-2-5-17(9-11)14(18)10-3-6-21-7-4-10/h8,10-11H,2-7,9H2,1H3,(H,15,16)/t11-/m0/s1. The highest BCUT2D eigenvalue weighted by Gasteiger charge is 2.34. The molecule has 0 aromatic carbocycles. The van der Waals surface area contributed by atoms with Gasteiger partial charge >= 0.3 is 0 Å². The first-order chi connectivity index (χ1) is 10.5. The van der Waals surface area contributed by atoms with E-state index in [-0.39, 0.29) is 22.6 Å². The molecule has 0 unspecified atom stereocenters. The lowest BCUT2D eigenvalue weighted by atomic mass is 9.99. The Morgan fingerprint density at radius 1 is 1.36 bits per heavy atom. The maximum absolute atomic E-state index is 12.5. The van der Waals surface area contributed by atoms with Crippen molar-refractivity contribution in [2.45, 2.75) is 30.1 Å². The molecule has 2 saturated heterocycles. The van der Waals surface area contributed by atoms with Gasteiger partial charge in [0.1, 0.15) is 4.90 Å². The molecule has 0 aliphatic carbocycles. The van der Waals surface area contributed by atoms with E-state index in [9.17, 15) is 13.2 Å². The molecule has 1 aromatic heterocycles. The number of nitrogens with one attached hydrogen (secondary N) is 1. The second-order valence-electron chi connectivity index (χ2n) is 6.08. The number of rotatable bonds is 3. The SMILES string of the molecule is CS(=O)(=O)c1cn[nH]c1[C@H]1CCN(C(=O)C2CCOCC2)C1. The summed E-state index contributed by atoms with van der Waals surface area (Å²) in [5, 5.41) is 6.67. The minimum absolute atomic E-state index is 0.0102. The van der Waals surface area contributed by atoms with E-state index in [4.69, 9.17) is 4.74 Å². The van der Waals surface area contributed by atoms with E-state index in [2.05, 4.69) is 10.2 Å². The molecule has 122 valence electrons. The number of hydrogen-bond acceptors (Lipinski definition) is 5. The van der Waals surface area contributed by atoms with Crippen molar-refractivity contribution in [1.29, 1.82) is 0 Å². The van der Waals surface area contributed by atoms with Crippen molar-refractivity contribution in [2.24, 2.45) is 5.92 Å². The van der Waals surface area contributed by atoms with E-state index < -0.39 is 9.84 Å². The van der Waals surface area contributed by atoms with Crippen LogP contribution < -0.4 is 0 Å². The van der Waals surface area contributed by atoms with Crippen molar-refractivity contribution in [3.63, 3.8) is 0 Å². The molecule has 3 heterocycles. The molecule has 1 aromatic rings. The summed E-state index contributed by atoms with van der Waals surface area (Å²) in [5.41, 5.74) is 0.629. The molecule has 2 aliphatic heterocycles. The summed E-state index contributed by atoms with van der Waals surface area (Å²) in [4.78, 5) is 14.6.